The van der Waals surface area contributed by atoms with E-state index in [1.165, 1.54) is 13.8 Å². The van der Waals surface area contributed by atoms with E-state index in [1.54, 1.807) is 24.3 Å². The molecule has 0 radical (unpaired) electrons. The van der Waals surface area contributed by atoms with E-state index >= 15 is 0 Å². The molecule has 1 aromatic carbocycles. The third kappa shape index (κ3) is 2.95. The van der Waals surface area contributed by atoms with Crippen LogP contribution in [0.15, 0.2) is 41.8 Å². The van der Waals surface area contributed by atoms with E-state index in [-0.39, 0.29) is 23.0 Å². The monoisotopic (exact) mass is 218 g/mol. The zero-order valence-electron chi connectivity index (χ0n) is 9.24. The molecule has 0 bridgehead atoms. The third-order valence-corrected chi connectivity index (χ3v) is 2.00. The number of hydrogen-bond acceptors (Lipinski definition) is 4. The van der Waals surface area contributed by atoms with Gasteiger partial charge in [-0.1, -0.05) is 18.2 Å². The summed E-state index contributed by atoms with van der Waals surface area (Å²) >= 11 is 0. The second kappa shape index (κ2) is 5.11. The molecule has 3 N–H and O–H groups in total. The first-order valence-electron chi connectivity index (χ1n) is 4.84. The molecular formula is C12H14N2O2. The summed E-state index contributed by atoms with van der Waals surface area (Å²) in [6, 6.07) is 8.97. The Hall–Kier alpha value is -2.10. The van der Waals surface area contributed by atoms with Gasteiger partial charge in [0.2, 0.25) is 5.88 Å². The molecule has 0 aliphatic heterocycles. The number of rotatable bonds is 4. The van der Waals surface area contributed by atoms with Gasteiger partial charge >= 0.3 is 0 Å². The van der Waals surface area contributed by atoms with Gasteiger partial charge in [-0.15, -0.1) is 0 Å². The first kappa shape index (κ1) is 12.0. The molecule has 0 amide bonds. The molecular weight excluding hydrogens is 204 g/mol. The molecule has 0 fully saturated rings. The van der Waals surface area contributed by atoms with E-state index in [2.05, 4.69) is 5.32 Å². The topological polar surface area (TPSA) is 73.2 Å². The Bertz CT molecular complexity index is 420. The summed E-state index contributed by atoms with van der Waals surface area (Å²) in [5.74, 6) is -0.625. The van der Waals surface area contributed by atoms with Crippen molar-refractivity contribution < 1.29 is 9.90 Å². The van der Waals surface area contributed by atoms with Crippen LogP contribution < -0.4 is 5.32 Å². The lowest BCUT2D eigenvalue weighted by molar-refractivity contribution is -0.113. The molecule has 1 rings (SSSR count). The lowest BCUT2D eigenvalue weighted by atomic mass is 10.1. The van der Waals surface area contributed by atoms with Gasteiger partial charge in [-0.25, -0.2) is 0 Å². The van der Waals surface area contributed by atoms with Crippen LogP contribution in [0.1, 0.15) is 13.8 Å². The summed E-state index contributed by atoms with van der Waals surface area (Å²) in [4.78, 5) is 11.2. The Labute approximate surface area is 94.1 Å². The van der Waals surface area contributed by atoms with Crippen molar-refractivity contribution in [3.05, 3.63) is 41.8 Å². The minimum atomic E-state index is -0.339. The number of ketones is 1. The van der Waals surface area contributed by atoms with Crippen molar-refractivity contribution in [3.63, 3.8) is 0 Å². The summed E-state index contributed by atoms with van der Waals surface area (Å²) in [7, 11) is 0. The van der Waals surface area contributed by atoms with Crippen LogP contribution in [0.5, 0.6) is 0 Å². The van der Waals surface area contributed by atoms with E-state index in [9.17, 15) is 9.90 Å². The fourth-order valence-electron chi connectivity index (χ4n) is 1.33. The SMILES string of the molecule is CC(=N)/C(C(C)=O)=C(/O)Nc1ccccc1. The van der Waals surface area contributed by atoms with Gasteiger partial charge in [0.25, 0.3) is 0 Å². The number of benzene rings is 1. The van der Waals surface area contributed by atoms with E-state index in [4.69, 9.17) is 5.41 Å². The predicted octanol–water partition coefficient (Wildman–Crippen LogP) is 2.50. The van der Waals surface area contributed by atoms with Crippen LogP contribution in [0.25, 0.3) is 0 Å². The van der Waals surface area contributed by atoms with Gasteiger partial charge in [-0.3, -0.25) is 4.79 Å². The van der Waals surface area contributed by atoms with Crippen LogP contribution in [-0.2, 0) is 4.79 Å². The standard InChI is InChI=1S/C12H14N2O2/c1-8(13)11(9(2)15)12(16)14-10-6-4-3-5-7-10/h3-7,13-14,16H,1-2H3/b12-11-,13-8?. The van der Waals surface area contributed by atoms with Crippen molar-refractivity contribution in [3.8, 4) is 0 Å². The number of hydrogen-bond donors (Lipinski definition) is 3. The molecule has 16 heavy (non-hydrogen) atoms. The second-order valence-corrected chi connectivity index (χ2v) is 3.40. The van der Waals surface area contributed by atoms with Gasteiger partial charge < -0.3 is 15.8 Å². The number of aliphatic hydroxyl groups is 1. The van der Waals surface area contributed by atoms with Crippen molar-refractivity contribution in [1.29, 1.82) is 5.41 Å². The molecule has 84 valence electrons. The van der Waals surface area contributed by atoms with Gasteiger partial charge in [0.1, 0.15) is 0 Å². The zero-order valence-corrected chi connectivity index (χ0v) is 9.24. The number of carbonyl (C=O) groups excluding carboxylic acids is 1. The van der Waals surface area contributed by atoms with Gasteiger partial charge in [0.15, 0.2) is 5.78 Å². The highest BCUT2D eigenvalue weighted by atomic mass is 16.3. The van der Waals surface area contributed by atoms with Crippen LogP contribution >= 0.6 is 0 Å². The molecule has 0 unspecified atom stereocenters. The first-order valence-corrected chi connectivity index (χ1v) is 4.84. The Kier molecular flexibility index (Phi) is 3.83. The summed E-state index contributed by atoms with van der Waals surface area (Å²) in [5.41, 5.74) is 0.706. The summed E-state index contributed by atoms with van der Waals surface area (Å²) in [5, 5.41) is 19.8. The Morgan fingerprint density at radius 2 is 1.81 bits per heavy atom. The average Bonchev–Trinajstić information content (AvgIpc) is 2.17. The van der Waals surface area contributed by atoms with E-state index in [0.717, 1.165) is 0 Å². The summed E-state index contributed by atoms with van der Waals surface area (Å²) < 4.78 is 0. The van der Waals surface area contributed by atoms with Crippen molar-refractivity contribution in [2.24, 2.45) is 0 Å². The lowest BCUT2D eigenvalue weighted by Crippen LogP contribution is -2.14. The number of carbonyl (C=O) groups is 1. The molecule has 0 aromatic heterocycles. The van der Waals surface area contributed by atoms with Gasteiger partial charge in [-0.05, 0) is 26.0 Å². The van der Waals surface area contributed by atoms with Crippen molar-refractivity contribution in [1.82, 2.24) is 0 Å². The van der Waals surface area contributed by atoms with Crippen LogP contribution in [-0.4, -0.2) is 16.6 Å². The number of nitrogens with one attached hydrogen (secondary N) is 2. The fourth-order valence-corrected chi connectivity index (χ4v) is 1.33. The van der Waals surface area contributed by atoms with E-state index < -0.39 is 0 Å². The molecule has 0 saturated heterocycles. The molecule has 0 spiro atoms. The zero-order chi connectivity index (χ0) is 12.1. The van der Waals surface area contributed by atoms with E-state index in [1.807, 2.05) is 6.07 Å². The molecule has 0 heterocycles. The number of aliphatic hydroxyl groups excluding tert-OH is 1. The van der Waals surface area contributed by atoms with Gasteiger partial charge in [-0.2, -0.15) is 0 Å². The molecule has 0 aliphatic carbocycles. The van der Waals surface area contributed by atoms with Crippen LogP contribution in [0, 0.1) is 5.41 Å². The van der Waals surface area contributed by atoms with Crippen LogP contribution in [0.2, 0.25) is 0 Å². The molecule has 4 nitrogen and oxygen atoms in total. The minimum absolute atomic E-state index is 0.00357. The number of allylic oxidation sites excluding steroid dienone is 1. The van der Waals surface area contributed by atoms with Gasteiger partial charge in [0.05, 0.1) is 5.57 Å². The van der Waals surface area contributed by atoms with Crippen LogP contribution in [0.4, 0.5) is 5.69 Å². The quantitative estimate of drug-likeness (QED) is 0.413. The Morgan fingerprint density at radius 3 is 2.25 bits per heavy atom. The highest BCUT2D eigenvalue weighted by molar-refractivity contribution is 6.20. The Morgan fingerprint density at radius 1 is 1.25 bits per heavy atom. The lowest BCUT2D eigenvalue weighted by Gasteiger charge is -2.09. The first-order chi connectivity index (χ1) is 7.52. The number of para-hydroxylation sites is 1. The summed E-state index contributed by atoms with van der Waals surface area (Å²) in [6.07, 6.45) is 0. The normalized spacial score (nSPS) is 11.6. The molecule has 1 aromatic rings. The molecule has 0 aliphatic rings. The highest BCUT2D eigenvalue weighted by Crippen LogP contribution is 2.11. The van der Waals surface area contributed by atoms with E-state index in [0.29, 0.717) is 5.69 Å². The summed E-state index contributed by atoms with van der Waals surface area (Å²) in [6.45, 7) is 2.77. The fraction of sp³-hybridized carbons (Fsp3) is 0.167. The Balaban J connectivity index is 2.99. The maximum absolute atomic E-state index is 11.2. The molecule has 0 saturated carbocycles. The second-order valence-electron chi connectivity index (χ2n) is 3.40. The maximum Gasteiger partial charge on any atom is 0.201 e. The van der Waals surface area contributed by atoms with Gasteiger partial charge in [0, 0.05) is 11.4 Å². The smallest absolute Gasteiger partial charge is 0.201 e. The van der Waals surface area contributed by atoms with Crippen molar-refractivity contribution in [2.45, 2.75) is 13.8 Å². The maximum atomic E-state index is 11.2. The average molecular weight is 218 g/mol. The molecule has 0 atom stereocenters. The minimum Gasteiger partial charge on any atom is -0.494 e. The number of anilines is 1. The third-order valence-electron chi connectivity index (χ3n) is 2.00. The van der Waals surface area contributed by atoms with Crippen LogP contribution in [0.3, 0.4) is 0 Å². The highest BCUT2D eigenvalue weighted by Gasteiger charge is 2.13. The molecule has 4 heteroatoms. The van der Waals surface area contributed by atoms with Crippen molar-refractivity contribution >= 4 is 17.2 Å². The largest absolute Gasteiger partial charge is 0.494 e. The number of Topliss-reactive ketones (excluding diaryl/α,β-unsaturated/α-hetero) is 1. The predicted molar refractivity (Wildman–Crippen MR) is 63.8 cm³/mol. The van der Waals surface area contributed by atoms with Crippen molar-refractivity contribution in [2.75, 3.05) is 5.32 Å².